The van der Waals surface area contributed by atoms with E-state index in [9.17, 15) is 13.6 Å². The van der Waals surface area contributed by atoms with Crippen molar-refractivity contribution in [1.29, 1.82) is 0 Å². The fraction of sp³-hybridized carbons (Fsp3) is 0.312. The molecule has 0 fully saturated rings. The van der Waals surface area contributed by atoms with Gasteiger partial charge in [-0.1, -0.05) is 0 Å². The molecule has 0 radical (unpaired) electrons. The number of hydrogen-bond acceptors (Lipinski definition) is 1. The molecule has 0 amide bonds. The molecule has 1 aromatic heterocycles. The Hall–Kier alpha value is -1.97. The highest BCUT2D eigenvalue weighted by Gasteiger charge is 2.18. The second kappa shape index (κ2) is 5.19. The molecular formula is C16H15F2NO. The van der Waals surface area contributed by atoms with Crippen molar-refractivity contribution in [3.05, 3.63) is 58.9 Å². The Morgan fingerprint density at radius 2 is 1.90 bits per heavy atom. The summed E-state index contributed by atoms with van der Waals surface area (Å²) in [6.45, 7) is 0.240. The van der Waals surface area contributed by atoms with Gasteiger partial charge < -0.3 is 4.57 Å². The summed E-state index contributed by atoms with van der Waals surface area (Å²) in [7, 11) is 0. The van der Waals surface area contributed by atoms with Crippen LogP contribution in [-0.4, -0.2) is 10.4 Å². The lowest BCUT2D eigenvalue weighted by Crippen LogP contribution is -2.01. The number of Topliss-reactive ketones (excluding diaryl/α,β-unsaturated/α-hetero) is 1. The number of carbonyl (C=O) groups excluding carboxylic acids is 1. The lowest BCUT2D eigenvalue weighted by atomic mass is 10.1. The van der Waals surface area contributed by atoms with Crippen LogP contribution in [0.2, 0.25) is 0 Å². The van der Waals surface area contributed by atoms with E-state index >= 15 is 0 Å². The summed E-state index contributed by atoms with van der Waals surface area (Å²) < 4.78 is 28.6. The van der Waals surface area contributed by atoms with Crippen LogP contribution in [0.3, 0.4) is 0 Å². The van der Waals surface area contributed by atoms with Crippen molar-refractivity contribution in [2.24, 2.45) is 0 Å². The van der Waals surface area contributed by atoms with Gasteiger partial charge in [0.1, 0.15) is 11.6 Å². The molecule has 1 aliphatic carbocycles. The standard InChI is InChI=1S/C16H15F2NO/c17-13-5-6-15(18)12(7-13)9-19-8-11-3-1-2-4-16(20)14(11)10-19/h5-8,10H,1-4,9H2. The normalized spacial score (nSPS) is 15.0. The molecule has 1 aromatic carbocycles. The molecule has 0 bridgehead atoms. The molecule has 1 aliphatic rings. The third-order valence-corrected chi connectivity index (χ3v) is 3.72. The maximum atomic E-state index is 13.6. The van der Waals surface area contributed by atoms with Crippen LogP contribution in [0, 0.1) is 11.6 Å². The summed E-state index contributed by atoms with van der Waals surface area (Å²) >= 11 is 0. The van der Waals surface area contributed by atoms with Crippen LogP contribution in [0.15, 0.2) is 30.6 Å². The van der Waals surface area contributed by atoms with Crippen molar-refractivity contribution in [3.63, 3.8) is 0 Å². The van der Waals surface area contributed by atoms with Crippen LogP contribution < -0.4 is 0 Å². The molecule has 0 saturated carbocycles. The number of fused-ring (bicyclic) bond motifs is 1. The number of aromatic nitrogens is 1. The zero-order chi connectivity index (χ0) is 14.1. The second-order valence-electron chi connectivity index (χ2n) is 5.24. The van der Waals surface area contributed by atoms with Crippen molar-refractivity contribution in [2.75, 3.05) is 0 Å². The Balaban J connectivity index is 1.90. The maximum Gasteiger partial charge on any atom is 0.164 e. The van der Waals surface area contributed by atoms with E-state index in [1.165, 1.54) is 6.07 Å². The minimum absolute atomic E-state index is 0.149. The average molecular weight is 275 g/mol. The van der Waals surface area contributed by atoms with Crippen LogP contribution in [0.5, 0.6) is 0 Å². The number of hydrogen-bond donors (Lipinski definition) is 0. The van der Waals surface area contributed by atoms with E-state index in [0.29, 0.717) is 12.0 Å². The highest BCUT2D eigenvalue weighted by Crippen LogP contribution is 2.22. The molecule has 0 atom stereocenters. The monoisotopic (exact) mass is 275 g/mol. The van der Waals surface area contributed by atoms with Gasteiger partial charge in [-0.05, 0) is 43.0 Å². The molecule has 4 heteroatoms. The van der Waals surface area contributed by atoms with E-state index in [4.69, 9.17) is 0 Å². The number of ketones is 1. The number of halogens is 2. The minimum atomic E-state index is -0.453. The van der Waals surface area contributed by atoms with Crippen LogP contribution in [0.1, 0.15) is 40.7 Å². The van der Waals surface area contributed by atoms with Gasteiger partial charge in [0.25, 0.3) is 0 Å². The van der Waals surface area contributed by atoms with Gasteiger partial charge >= 0.3 is 0 Å². The highest BCUT2D eigenvalue weighted by molar-refractivity contribution is 5.97. The van der Waals surface area contributed by atoms with E-state index in [-0.39, 0.29) is 12.3 Å². The number of carbonyl (C=O) groups is 1. The van der Waals surface area contributed by atoms with E-state index < -0.39 is 11.6 Å². The summed E-state index contributed by atoms with van der Waals surface area (Å²) in [5, 5.41) is 0. The summed E-state index contributed by atoms with van der Waals surface area (Å²) in [6, 6.07) is 3.43. The van der Waals surface area contributed by atoms with Crippen LogP contribution >= 0.6 is 0 Å². The van der Waals surface area contributed by atoms with Crippen molar-refractivity contribution >= 4 is 5.78 Å². The molecule has 1 heterocycles. The molecule has 0 N–H and O–H groups in total. The average Bonchev–Trinajstić information content (AvgIpc) is 2.74. The summed E-state index contributed by atoms with van der Waals surface area (Å²) in [5.41, 5.74) is 2.05. The summed E-state index contributed by atoms with van der Waals surface area (Å²) in [6.07, 6.45) is 7.00. The smallest absolute Gasteiger partial charge is 0.164 e. The van der Waals surface area contributed by atoms with Crippen LogP contribution in [0.25, 0.3) is 0 Å². The second-order valence-corrected chi connectivity index (χ2v) is 5.24. The molecule has 0 aliphatic heterocycles. The minimum Gasteiger partial charge on any atom is -0.349 e. The molecule has 104 valence electrons. The Kier molecular flexibility index (Phi) is 3.38. The van der Waals surface area contributed by atoms with E-state index in [2.05, 4.69) is 0 Å². The first kappa shape index (κ1) is 13.0. The molecule has 3 rings (SSSR count). The predicted molar refractivity (Wildman–Crippen MR) is 71.8 cm³/mol. The maximum absolute atomic E-state index is 13.6. The molecule has 2 nitrogen and oxygen atoms in total. The van der Waals surface area contributed by atoms with Crippen LogP contribution in [0.4, 0.5) is 8.78 Å². The van der Waals surface area contributed by atoms with Gasteiger partial charge in [-0.3, -0.25) is 4.79 Å². The number of aryl methyl sites for hydroxylation is 1. The molecule has 2 aromatic rings. The number of benzene rings is 1. The third kappa shape index (κ3) is 2.50. The molecule has 0 unspecified atom stereocenters. The van der Waals surface area contributed by atoms with Gasteiger partial charge in [0, 0.05) is 29.9 Å². The third-order valence-electron chi connectivity index (χ3n) is 3.72. The van der Waals surface area contributed by atoms with Crippen molar-refractivity contribution < 1.29 is 13.6 Å². The predicted octanol–water partition coefficient (Wildman–Crippen LogP) is 3.72. The zero-order valence-electron chi connectivity index (χ0n) is 11.0. The summed E-state index contributed by atoms with van der Waals surface area (Å²) in [5.74, 6) is -0.733. The quantitative estimate of drug-likeness (QED) is 0.766. The zero-order valence-corrected chi connectivity index (χ0v) is 11.0. The molecular weight excluding hydrogens is 260 g/mol. The van der Waals surface area contributed by atoms with Crippen LogP contribution in [-0.2, 0) is 13.0 Å². The Morgan fingerprint density at radius 3 is 2.75 bits per heavy atom. The first-order chi connectivity index (χ1) is 9.63. The first-order valence-electron chi connectivity index (χ1n) is 6.79. The Morgan fingerprint density at radius 1 is 1.10 bits per heavy atom. The van der Waals surface area contributed by atoms with Gasteiger partial charge in [-0.25, -0.2) is 8.78 Å². The van der Waals surface area contributed by atoms with E-state index in [1.807, 2.05) is 6.20 Å². The fourth-order valence-corrected chi connectivity index (χ4v) is 2.69. The van der Waals surface area contributed by atoms with Gasteiger partial charge in [-0.15, -0.1) is 0 Å². The van der Waals surface area contributed by atoms with Crippen molar-refractivity contribution in [3.8, 4) is 0 Å². The molecule has 0 spiro atoms. The van der Waals surface area contributed by atoms with Gasteiger partial charge in [0.2, 0.25) is 0 Å². The Bertz CT molecular complexity index is 660. The van der Waals surface area contributed by atoms with Gasteiger partial charge in [0.05, 0.1) is 6.54 Å². The van der Waals surface area contributed by atoms with E-state index in [1.54, 1.807) is 10.8 Å². The number of nitrogens with zero attached hydrogens (tertiary/aromatic N) is 1. The summed E-state index contributed by atoms with van der Waals surface area (Å²) in [4.78, 5) is 11.9. The van der Waals surface area contributed by atoms with Crippen molar-refractivity contribution in [2.45, 2.75) is 32.2 Å². The number of rotatable bonds is 2. The van der Waals surface area contributed by atoms with E-state index in [0.717, 1.165) is 42.5 Å². The Labute approximate surface area is 116 Å². The highest BCUT2D eigenvalue weighted by atomic mass is 19.1. The van der Waals surface area contributed by atoms with Crippen molar-refractivity contribution in [1.82, 2.24) is 4.57 Å². The fourth-order valence-electron chi connectivity index (χ4n) is 2.69. The molecule has 0 saturated heterocycles. The SMILES string of the molecule is O=C1CCCCc2cn(Cc3cc(F)ccc3F)cc21. The van der Waals surface area contributed by atoms with Gasteiger partial charge in [0.15, 0.2) is 5.78 Å². The lowest BCUT2D eigenvalue weighted by molar-refractivity contribution is 0.0982. The lowest BCUT2D eigenvalue weighted by Gasteiger charge is -2.05. The largest absolute Gasteiger partial charge is 0.349 e. The topological polar surface area (TPSA) is 22.0 Å². The first-order valence-corrected chi connectivity index (χ1v) is 6.79. The van der Waals surface area contributed by atoms with Gasteiger partial charge in [-0.2, -0.15) is 0 Å². The molecule has 20 heavy (non-hydrogen) atoms.